The van der Waals surface area contributed by atoms with E-state index in [0.29, 0.717) is 23.5 Å². The van der Waals surface area contributed by atoms with Crippen LogP contribution in [0.5, 0.6) is 0 Å². The van der Waals surface area contributed by atoms with Gasteiger partial charge in [0.1, 0.15) is 0 Å². The van der Waals surface area contributed by atoms with Gasteiger partial charge in [0.2, 0.25) is 0 Å². The molecular formula is C16H31NO2. The molecule has 0 heterocycles. The molecule has 0 radical (unpaired) electrons. The van der Waals surface area contributed by atoms with Gasteiger partial charge in [-0.1, -0.05) is 34.6 Å². The lowest BCUT2D eigenvalue weighted by molar-refractivity contribution is -0.147. The molecule has 0 aromatic carbocycles. The fraction of sp³-hybridized carbons (Fsp3) is 0.938. The predicted octanol–water partition coefficient (Wildman–Crippen LogP) is 3.38. The first-order chi connectivity index (χ1) is 8.65. The minimum atomic E-state index is -0.0932. The summed E-state index contributed by atoms with van der Waals surface area (Å²) >= 11 is 0. The summed E-state index contributed by atoms with van der Waals surface area (Å²) in [5, 5.41) is 3.57. The smallest absolute Gasteiger partial charge is 0.309 e. The summed E-state index contributed by atoms with van der Waals surface area (Å²) in [6, 6.07) is 0.510. The van der Waals surface area contributed by atoms with Crippen LogP contribution in [0.2, 0.25) is 0 Å². The third-order valence-corrected chi connectivity index (χ3v) is 3.96. The molecule has 1 N–H and O–H groups in total. The molecule has 0 spiro atoms. The van der Waals surface area contributed by atoms with Gasteiger partial charge < -0.3 is 10.1 Å². The highest BCUT2D eigenvalue weighted by Gasteiger charge is 2.38. The van der Waals surface area contributed by atoms with Crippen LogP contribution in [0.25, 0.3) is 0 Å². The van der Waals surface area contributed by atoms with E-state index in [0.717, 1.165) is 6.54 Å². The van der Waals surface area contributed by atoms with Crippen LogP contribution in [0.3, 0.4) is 0 Å². The van der Waals surface area contributed by atoms with Crippen LogP contribution in [0, 0.1) is 16.7 Å². The van der Waals surface area contributed by atoms with Crippen molar-refractivity contribution in [1.29, 1.82) is 0 Å². The first kappa shape index (κ1) is 16.5. The quantitative estimate of drug-likeness (QED) is 0.778. The number of ether oxygens (including phenoxy) is 1. The molecule has 112 valence electrons. The van der Waals surface area contributed by atoms with Crippen molar-refractivity contribution in [2.75, 3.05) is 13.2 Å². The van der Waals surface area contributed by atoms with Crippen molar-refractivity contribution in [3.63, 3.8) is 0 Å². The fourth-order valence-corrected chi connectivity index (χ4v) is 3.70. The average molecular weight is 269 g/mol. The topological polar surface area (TPSA) is 38.3 Å². The summed E-state index contributed by atoms with van der Waals surface area (Å²) in [7, 11) is 0. The highest BCUT2D eigenvalue weighted by atomic mass is 16.5. The van der Waals surface area contributed by atoms with Crippen LogP contribution in [0.15, 0.2) is 0 Å². The molecule has 1 saturated carbocycles. The zero-order valence-corrected chi connectivity index (χ0v) is 13.5. The molecule has 1 aliphatic rings. The molecule has 0 aliphatic heterocycles. The second-order valence-corrected chi connectivity index (χ2v) is 7.67. The number of hydrogen-bond acceptors (Lipinski definition) is 3. The van der Waals surface area contributed by atoms with Crippen molar-refractivity contribution in [2.45, 2.75) is 66.8 Å². The third-order valence-electron chi connectivity index (χ3n) is 3.96. The van der Waals surface area contributed by atoms with E-state index in [1.165, 1.54) is 19.3 Å². The van der Waals surface area contributed by atoms with Gasteiger partial charge in [0.15, 0.2) is 0 Å². The van der Waals surface area contributed by atoms with Crippen LogP contribution in [0.4, 0.5) is 0 Å². The normalized spacial score (nSPS) is 23.9. The molecule has 1 atom stereocenters. The van der Waals surface area contributed by atoms with E-state index in [2.05, 4.69) is 33.0 Å². The van der Waals surface area contributed by atoms with E-state index in [-0.39, 0.29) is 11.9 Å². The minimum absolute atomic E-state index is 0.0619. The maximum Gasteiger partial charge on any atom is 0.309 e. The lowest BCUT2D eigenvalue weighted by atomic mass is 9.63. The highest BCUT2D eigenvalue weighted by molar-refractivity contribution is 5.72. The third kappa shape index (κ3) is 5.52. The molecule has 1 unspecified atom stereocenters. The molecular weight excluding hydrogens is 238 g/mol. The number of esters is 1. The van der Waals surface area contributed by atoms with E-state index in [4.69, 9.17) is 4.74 Å². The Morgan fingerprint density at radius 2 is 1.79 bits per heavy atom. The molecule has 0 amide bonds. The van der Waals surface area contributed by atoms with E-state index in [1.54, 1.807) is 0 Å². The second-order valence-electron chi connectivity index (χ2n) is 7.67. The average Bonchev–Trinajstić information content (AvgIpc) is 2.21. The van der Waals surface area contributed by atoms with Gasteiger partial charge in [-0.25, -0.2) is 0 Å². The first-order valence-electron chi connectivity index (χ1n) is 7.55. The van der Waals surface area contributed by atoms with Gasteiger partial charge in [-0.2, -0.15) is 0 Å². The number of carbonyl (C=O) groups is 1. The monoisotopic (exact) mass is 269 g/mol. The summed E-state index contributed by atoms with van der Waals surface area (Å²) in [6.07, 6.45) is 3.64. The zero-order chi connectivity index (χ0) is 14.7. The Balaban J connectivity index is 2.46. The van der Waals surface area contributed by atoms with Crippen molar-refractivity contribution in [2.24, 2.45) is 16.7 Å². The zero-order valence-electron chi connectivity index (χ0n) is 13.5. The number of carbonyl (C=O) groups excluding carboxylic acids is 1. The Hall–Kier alpha value is -0.570. The Morgan fingerprint density at radius 1 is 1.26 bits per heavy atom. The maximum absolute atomic E-state index is 11.6. The van der Waals surface area contributed by atoms with Crippen molar-refractivity contribution >= 4 is 5.97 Å². The summed E-state index contributed by atoms with van der Waals surface area (Å²) in [4.78, 5) is 11.6. The van der Waals surface area contributed by atoms with Gasteiger partial charge in [0, 0.05) is 12.6 Å². The van der Waals surface area contributed by atoms with Gasteiger partial charge in [0.05, 0.1) is 12.5 Å². The van der Waals surface area contributed by atoms with Gasteiger partial charge in [-0.3, -0.25) is 4.79 Å². The van der Waals surface area contributed by atoms with Crippen molar-refractivity contribution in [1.82, 2.24) is 5.32 Å². The summed E-state index contributed by atoms with van der Waals surface area (Å²) in [5.41, 5.74) is 0.763. The molecule has 1 aliphatic carbocycles. The standard InChI is InChI=1S/C16H31NO2/c1-7-19-14(18)12(2)10-17-13-8-15(3,4)11-16(5,6)9-13/h12-13,17H,7-11H2,1-6H3. The summed E-state index contributed by atoms with van der Waals surface area (Å²) in [5.74, 6) is -0.155. The molecule has 0 aromatic rings. The molecule has 0 saturated heterocycles. The summed E-state index contributed by atoms with van der Waals surface area (Å²) in [6.45, 7) is 14.3. The number of nitrogens with one attached hydrogen (secondary N) is 1. The molecule has 0 aromatic heterocycles. The van der Waals surface area contributed by atoms with Gasteiger partial charge in [-0.05, 0) is 37.0 Å². The van der Waals surface area contributed by atoms with Crippen LogP contribution >= 0.6 is 0 Å². The lowest BCUT2D eigenvalue weighted by Gasteiger charge is -2.45. The minimum Gasteiger partial charge on any atom is -0.466 e. The molecule has 3 nitrogen and oxygen atoms in total. The van der Waals surface area contributed by atoms with Gasteiger partial charge >= 0.3 is 5.97 Å². The lowest BCUT2D eigenvalue weighted by Crippen LogP contribution is -2.45. The molecule has 1 fully saturated rings. The SMILES string of the molecule is CCOC(=O)C(C)CNC1CC(C)(C)CC(C)(C)C1. The van der Waals surface area contributed by atoms with E-state index in [9.17, 15) is 4.79 Å². The Labute approximate surface area is 118 Å². The molecule has 3 heteroatoms. The molecule has 0 bridgehead atoms. The van der Waals surface area contributed by atoms with Crippen molar-refractivity contribution in [3.05, 3.63) is 0 Å². The van der Waals surface area contributed by atoms with Crippen molar-refractivity contribution < 1.29 is 9.53 Å². The Bertz CT molecular complexity index is 294. The van der Waals surface area contributed by atoms with Crippen LogP contribution in [-0.4, -0.2) is 25.2 Å². The molecule has 1 rings (SSSR count). The fourth-order valence-electron chi connectivity index (χ4n) is 3.70. The van der Waals surface area contributed by atoms with Crippen LogP contribution in [0.1, 0.15) is 60.8 Å². The van der Waals surface area contributed by atoms with Gasteiger partial charge in [0.25, 0.3) is 0 Å². The molecule has 19 heavy (non-hydrogen) atoms. The summed E-state index contributed by atoms with van der Waals surface area (Å²) < 4.78 is 5.05. The van der Waals surface area contributed by atoms with E-state index >= 15 is 0 Å². The van der Waals surface area contributed by atoms with Gasteiger partial charge in [-0.15, -0.1) is 0 Å². The Kier molecular flexibility index (Phi) is 5.43. The van der Waals surface area contributed by atoms with Crippen LogP contribution < -0.4 is 5.32 Å². The first-order valence-corrected chi connectivity index (χ1v) is 7.55. The van der Waals surface area contributed by atoms with Crippen LogP contribution in [-0.2, 0) is 9.53 Å². The number of hydrogen-bond donors (Lipinski definition) is 1. The van der Waals surface area contributed by atoms with E-state index in [1.807, 2.05) is 13.8 Å². The number of rotatable bonds is 5. The second kappa shape index (κ2) is 6.25. The van der Waals surface area contributed by atoms with E-state index < -0.39 is 0 Å². The van der Waals surface area contributed by atoms with Crippen molar-refractivity contribution in [3.8, 4) is 0 Å². The maximum atomic E-state index is 11.6. The Morgan fingerprint density at radius 3 is 2.26 bits per heavy atom. The largest absolute Gasteiger partial charge is 0.466 e. The predicted molar refractivity (Wildman–Crippen MR) is 79.0 cm³/mol. The highest BCUT2D eigenvalue weighted by Crippen LogP contribution is 2.45.